The van der Waals surface area contributed by atoms with Crippen molar-refractivity contribution in [3.8, 4) is 5.75 Å². The Bertz CT molecular complexity index is 845. The molecule has 0 aliphatic heterocycles. The molecule has 0 bridgehead atoms. The molecule has 2 aromatic carbocycles. The van der Waals surface area contributed by atoms with Crippen LogP contribution in [0.15, 0.2) is 52.9 Å². The molecule has 0 radical (unpaired) electrons. The van der Waals surface area contributed by atoms with Crippen molar-refractivity contribution in [1.29, 1.82) is 0 Å². The lowest BCUT2D eigenvalue weighted by atomic mass is 10.1. The SMILES string of the molecule is Cc1ccc(Cc2nnc(NC(=O)COc3ccc(F)cc3)o2)cc1. The molecular formula is C18H16FN3O3. The Kier molecular flexibility index (Phi) is 5.03. The Hall–Kier alpha value is -3.22. The van der Waals surface area contributed by atoms with Crippen molar-refractivity contribution in [1.82, 2.24) is 10.2 Å². The molecule has 0 fully saturated rings. The first-order chi connectivity index (χ1) is 12.1. The summed E-state index contributed by atoms with van der Waals surface area (Å²) in [4.78, 5) is 11.8. The normalized spacial score (nSPS) is 10.5. The molecule has 7 heteroatoms. The van der Waals surface area contributed by atoms with Crippen LogP contribution in [0.25, 0.3) is 0 Å². The molecule has 1 aromatic heterocycles. The second kappa shape index (κ2) is 7.57. The molecule has 25 heavy (non-hydrogen) atoms. The molecule has 1 heterocycles. The number of amides is 1. The summed E-state index contributed by atoms with van der Waals surface area (Å²) >= 11 is 0. The highest BCUT2D eigenvalue weighted by Crippen LogP contribution is 2.13. The average molecular weight is 341 g/mol. The molecule has 3 aromatic rings. The molecule has 3 rings (SSSR count). The van der Waals surface area contributed by atoms with Crippen LogP contribution in [0.1, 0.15) is 17.0 Å². The summed E-state index contributed by atoms with van der Waals surface area (Å²) in [6, 6.07) is 13.4. The number of hydrogen-bond acceptors (Lipinski definition) is 5. The van der Waals surface area contributed by atoms with Crippen LogP contribution < -0.4 is 10.1 Å². The first-order valence-corrected chi connectivity index (χ1v) is 7.64. The number of anilines is 1. The largest absolute Gasteiger partial charge is 0.484 e. The first-order valence-electron chi connectivity index (χ1n) is 7.64. The quantitative estimate of drug-likeness (QED) is 0.745. The van der Waals surface area contributed by atoms with E-state index in [0.717, 1.165) is 5.56 Å². The van der Waals surface area contributed by atoms with Gasteiger partial charge in [-0.25, -0.2) is 4.39 Å². The summed E-state index contributed by atoms with van der Waals surface area (Å²) in [5.41, 5.74) is 2.20. The van der Waals surface area contributed by atoms with E-state index in [1.165, 1.54) is 29.8 Å². The Morgan fingerprint density at radius 2 is 1.84 bits per heavy atom. The summed E-state index contributed by atoms with van der Waals surface area (Å²) in [6.45, 7) is 1.76. The van der Waals surface area contributed by atoms with E-state index in [1.807, 2.05) is 31.2 Å². The van der Waals surface area contributed by atoms with Gasteiger partial charge >= 0.3 is 6.01 Å². The summed E-state index contributed by atoms with van der Waals surface area (Å²) in [7, 11) is 0. The zero-order valence-corrected chi connectivity index (χ0v) is 13.5. The van der Waals surface area contributed by atoms with Crippen molar-refractivity contribution in [2.75, 3.05) is 11.9 Å². The van der Waals surface area contributed by atoms with Gasteiger partial charge in [0.25, 0.3) is 5.91 Å². The minimum Gasteiger partial charge on any atom is -0.484 e. The fraction of sp³-hybridized carbons (Fsp3) is 0.167. The monoisotopic (exact) mass is 341 g/mol. The zero-order chi connectivity index (χ0) is 17.6. The first kappa shape index (κ1) is 16.6. The van der Waals surface area contributed by atoms with Crippen LogP contribution >= 0.6 is 0 Å². The molecule has 128 valence electrons. The lowest BCUT2D eigenvalue weighted by molar-refractivity contribution is -0.118. The molecular weight excluding hydrogens is 325 g/mol. The van der Waals surface area contributed by atoms with E-state index in [-0.39, 0.29) is 18.4 Å². The van der Waals surface area contributed by atoms with Gasteiger partial charge in [0.15, 0.2) is 6.61 Å². The summed E-state index contributed by atoms with van der Waals surface area (Å²) in [6.07, 6.45) is 0.481. The Morgan fingerprint density at radius 3 is 2.56 bits per heavy atom. The molecule has 1 amide bonds. The van der Waals surface area contributed by atoms with E-state index in [2.05, 4.69) is 15.5 Å². The average Bonchev–Trinajstić information content (AvgIpc) is 3.03. The van der Waals surface area contributed by atoms with Gasteiger partial charge in [-0.2, -0.15) is 0 Å². The molecule has 0 atom stereocenters. The number of halogens is 1. The smallest absolute Gasteiger partial charge is 0.322 e. The van der Waals surface area contributed by atoms with Gasteiger partial charge < -0.3 is 9.15 Å². The van der Waals surface area contributed by atoms with Gasteiger partial charge in [-0.3, -0.25) is 10.1 Å². The Balaban J connectivity index is 1.51. The molecule has 0 spiro atoms. The lowest BCUT2D eigenvalue weighted by Gasteiger charge is -2.04. The maximum atomic E-state index is 12.8. The highest BCUT2D eigenvalue weighted by Gasteiger charge is 2.11. The number of ether oxygens (including phenoxy) is 1. The highest BCUT2D eigenvalue weighted by molar-refractivity contribution is 5.89. The fourth-order valence-corrected chi connectivity index (χ4v) is 2.09. The predicted octanol–water partition coefficient (Wildman–Crippen LogP) is 3.13. The number of rotatable bonds is 6. The number of aromatic nitrogens is 2. The van der Waals surface area contributed by atoms with Gasteiger partial charge in [0.2, 0.25) is 5.89 Å². The number of hydrogen-bond donors (Lipinski definition) is 1. The number of carbonyl (C=O) groups is 1. The minimum absolute atomic E-state index is 0.00909. The van der Waals surface area contributed by atoms with Gasteiger partial charge in [0.1, 0.15) is 11.6 Å². The number of aryl methyl sites for hydroxylation is 1. The van der Waals surface area contributed by atoms with Crippen LogP contribution in [0, 0.1) is 12.7 Å². The molecule has 0 unspecified atom stereocenters. The van der Waals surface area contributed by atoms with Crippen molar-refractivity contribution < 1.29 is 18.3 Å². The van der Waals surface area contributed by atoms with E-state index in [1.54, 1.807) is 0 Å². The third-order valence-corrected chi connectivity index (χ3v) is 3.37. The summed E-state index contributed by atoms with van der Waals surface area (Å²) in [5, 5.41) is 10.1. The van der Waals surface area contributed by atoms with E-state index in [4.69, 9.17) is 9.15 Å². The van der Waals surface area contributed by atoms with Crippen LogP contribution in [0.3, 0.4) is 0 Å². The van der Waals surface area contributed by atoms with Gasteiger partial charge in [-0.15, -0.1) is 5.10 Å². The molecule has 0 aliphatic rings. The zero-order valence-electron chi connectivity index (χ0n) is 13.5. The predicted molar refractivity (Wildman–Crippen MR) is 88.8 cm³/mol. The molecule has 0 saturated heterocycles. The maximum absolute atomic E-state index is 12.8. The van der Waals surface area contributed by atoms with Gasteiger partial charge in [0.05, 0.1) is 6.42 Å². The van der Waals surface area contributed by atoms with E-state index >= 15 is 0 Å². The number of nitrogens with one attached hydrogen (secondary N) is 1. The molecule has 1 N–H and O–H groups in total. The standard InChI is InChI=1S/C18H16FN3O3/c1-12-2-4-13(5-3-12)10-17-21-22-18(25-17)20-16(23)11-24-15-8-6-14(19)7-9-15/h2-9H,10-11H2,1H3,(H,20,22,23). The molecule has 0 saturated carbocycles. The minimum atomic E-state index is -0.449. The Labute approximate surface area is 143 Å². The van der Waals surface area contributed by atoms with Crippen LogP contribution in [0.2, 0.25) is 0 Å². The van der Waals surface area contributed by atoms with E-state index in [9.17, 15) is 9.18 Å². The second-order valence-corrected chi connectivity index (χ2v) is 5.45. The lowest BCUT2D eigenvalue weighted by Crippen LogP contribution is -2.20. The van der Waals surface area contributed by atoms with Gasteiger partial charge in [0, 0.05) is 0 Å². The van der Waals surface area contributed by atoms with Crippen LogP contribution in [0.4, 0.5) is 10.4 Å². The summed E-state index contributed by atoms with van der Waals surface area (Å²) in [5.74, 6) is -0.0284. The van der Waals surface area contributed by atoms with Crippen molar-refractivity contribution in [3.05, 3.63) is 71.4 Å². The third-order valence-electron chi connectivity index (χ3n) is 3.37. The maximum Gasteiger partial charge on any atom is 0.322 e. The van der Waals surface area contributed by atoms with Crippen molar-refractivity contribution in [3.63, 3.8) is 0 Å². The van der Waals surface area contributed by atoms with Gasteiger partial charge in [-0.1, -0.05) is 34.9 Å². The van der Waals surface area contributed by atoms with Gasteiger partial charge in [-0.05, 0) is 36.8 Å². The van der Waals surface area contributed by atoms with E-state index in [0.29, 0.717) is 18.1 Å². The molecule has 6 nitrogen and oxygen atoms in total. The molecule has 0 aliphatic carbocycles. The van der Waals surface area contributed by atoms with Crippen LogP contribution in [-0.2, 0) is 11.2 Å². The second-order valence-electron chi connectivity index (χ2n) is 5.45. The van der Waals surface area contributed by atoms with Crippen LogP contribution in [-0.4, -0.2) is 22.7 Å². The number of carbonyl (C=O) groups excluding carboxylic acids is 1. The summed E-state index contributed by atoms with van der Waals surface area (Å²) < 4.78 is 23.4. The van der Waals surface area contributed by atoms with Crippen molar-refractivity contribution in [2.45, 2.75) is 13.3 Å². The van der Waals surface area contributed by atoms with Crippen molar-refractivity contribution >= 4 is 11.9 Å². The fourth-order valence-electron chi connectivity index (χ4n) is 2.09. The highest BCUT2D eigenvalue weighted by atomic mass is 19.1. The topological polar surface area (TPSA) is 77.2 Å². The number of nitrogens with zero attached hydrogens (tertiary/aromatic N) is 2. The Morgan fingerprint density at radius 1 is 1.12 bits per heavy atom. The van der Waals surface area contributed by atoms with E-state index < -0.39 is 5.91 Å². The van der Waals surface area contributed by atoms with Crippen molar-refractivity contribution in [2.24, 2.45) is 0 Å². The van der Waals surface area contributed by atoms with Crippen LogP contribution in [0.5, 0.6) is 5.75 Å². The third kappa shape index (κ3) is 4.87. The number of benzene rings is 2.